The van der Waals surface area contributed by atoms with Gasteiger partial charge < -0.3 is 9.84 Å². The number of hydrogen-bond donors (Lipinski definition) is 1. The molecule has 0 saturated heterocycles. The van der Waals surface area contributed by atoms with E-state index < -0.39 is 12.6 Å². The highest BCUT2D eigenvalue weighted by molar-refractivity contribution is 5.68. The number of carboxylic acid groups (broad SMARTS) is 1. The standard InChI is InChI=1S/C12H12N2O3/c13-6-9-5-8-3-1-2-4-10(8)14-12(9)17-7-11(15)16/h5H,1-4,7H2,(H,15,16). The average Bonchev–Trinajstić information content (AvgIpc) is 2.35. The lowest BCUT2D eigenvalue weighted by molar-refractivity contribution is -0.139. The summed E-state index contributed by atoms with van der Waals surface area (Å²) in [5.74, 6) is -0.941. The molecule has 0 bridgehead atoms. The SMILES string of the molecule is N#Cc1cc2c(nc1OCC(=O)O)CCCC2. The highest BCUT2D eigenvalue weighted by Gasteiger charge is 2.16. The van der Waals surface area contributed by atoms with Gasteiger partial charge in [0.25, 0.3) is 0 Å². The van der Waals surface area contributed by atoms with E-state index >= 15 is 0 Å². The molecule has 88 valence electrons. The third kappa shape index (κ3) is 2.53. The van der Waals surface area contributed by atoms with Gasteiger partial charge in [-0.05, 0) is 37.3 Å². The molecule has 0 saturated carbocycles. The Balaban J connectivity index is 2.30. The summed E-state index contributed by atoms with van der Waals surface area (Å²) < 4.78 is 5.02. The van der Waals surface area contributed by atoms with Crippen LogP contribution in [0.1, 0.15) is 29.7 Å². The van der Waals surface area contributed by atoms with E-state index in [0.717, 1.165) is 36.9 Å². The number of hydrogen-bond acceptors (Lipinski definition) is 4. The summed E-state index contributed by atoms with van der Waals surface area (Å²) in [5.41, 5.74) is 2.32. The number of aryl methyl sites for hydroxylation is 2. The lowest BCUT2D eigenvalue weighted by atomic mass is 9.95. The number of carbonyl (C=O) groups is 1. The fourth-order valence-corrected chi connectivity index (χ4v) is 1.93. The molecule has 0 fully saturated rings. The smallest absolute Gasteiger partial charge is 0.341 e. The van der Waals surface area contributed by atoms with Gasteiger partial charge in [-0.3, -0.25) is 0 Å². The number of nitriles is 1. The van der Waals surface area contributed by atoms with Crippen LogP contribution in [0.15, 0.2) is 6.07 Å². The van der Waals surface area contributed by atoms with Crippen LogP contribution in [0.4, 0.5) is 0 Å². The maximum atomic E-state index is 10.4. The van der Waals surface area contributed by atoms with Crippen molar-refractivity contribution in [1.29, 1.82) is 5.26 Å². The van der Waals surface area contributed by atoms with Gasteiger partial charge in [0.15, 0.2) is 6.61 Å². The molecule has 0 amide bonds. The Morgan fingerprint density at radius 2 is 2.29 bits per heavy atom. The zero-order valence-corrected chi connectivity index (χ0v) is 9.27. The molecule has 1 aliphatic carbocycles. The van der Waals surface area contributed by atoms with Gasteiger partial charge in [0.05, 0.1) is 0 Å². The Morgan fingerprint density at radius 1 is 1.53 bits per heavy atom. The van der Waals surface area contributed by atoms with Gasteiger partial charge in [0, 0.05) is 5.69 Å². The van der Waals surface area contributed by atoms with E-state index in [-0.39, 0.29) is 5.88 Å². The minimum Gasteiger partial charge on any atom is -0.479 e. The van der Waals surface area contributed by atoms with Crippen LogP contribution < -0.4 is 4.74 Å². The first-order chi connectivity index (χ1) is 8.20. The Labute approximate surface area is 98.7 Å². The maximum absolute atomic E-state index is 10.4. The molecule has 1 heterocycles. The van der Waals surface area contributed by atoms with Crippen molar-refractivity contribution in [2.45, 2.75) is 25.7 Å². The monoisotopic (exact) mass is 232 g/mol. The molecule has 0 unspecified atom stereocenters. The second kappa shape index (κ2) is 4.83. The molecule has 1 aromatic rings. The number of pyridine rings is 1. The molecule has 0 atom stereocenters. The highest BCUT2D eigenvalue weighted by Crippen LogP contribution is 2.25. The molecule has 5 heteroatoms. The van der Waals surface area contributed by atoms with Gasteiger partial charge in [-0.1, -0.05) is 0 Å². The second-order valence-corrected chi connectivity index (χ2v) is 3.95. The molecule has 2 rings (SSSR count). The van der Waals surface area contributed by atoms with Crippen LogP contribution in [-0.2, 0) is 17.6 Å². The predicted octanol–water partition coefficient (Wildman–Crippen LogP) is 1.30. The number of fused-ring (bicyclic) bond motifs is 1. The van der Waals surface area contributed by atoms with E-state index in [2.05, 4.69) is 4.98 Å². The normalized spacial score (nSPS) is 13.6. The van der Waals surface area contributed by atoms with Crippen molar-refractivity contribution in [3.8, 4) is 11.9 Å². The van der Waals surface area contributed by atoms with Crippen LogP contribution in [0, 0.1) is 11.3 Å². The molecule has 0 aliphatic heterocycles. The maximum Gasteiger partial charge on any atom is 0.341 e. The van der Waals surface area contributed by atoms with Crippen molar-refractivity contribution in [1.82, 2.24) is 4.98 Å². The Bertz CT molecular complexity index is 491. The van der Waals surface area contributed by atoms with Crippen LogP contribution in [0.3, 0.4) is 0 Å². The third-order valence-electron chi connectivity index (χ3n) is 2.72. The van der Waals surface area contributed by atoms with Crippen molar-refractivity contribution in [3.05, 3.63) is 22.9 Å². The Kier molecular flexibility index (Phi) is 3.24. The molecule has 0 radical (unpaired) electrons. The summed E-state index contributed by atoms with van der Waals surface area (Å²) in [6.07, 6.45) is 3.97. The molecule has 5 nitrogen and oxygen atoms in total. The number of nitrogens with zero attached hydrogens (tertiary/aromatic N) is 2. The first-order valence-electron chi connectivity index (χ1n) is 5.48. The summed E-state index contributed by atoms with van der Waals surface area (Å²) in [5, 5.41) is 17.5. The predicted molar refractivity (Wildman–Crippen MR) is 58.7 cm³/mol. The number of ether oxygens (including phenoxy) is 1. The molecule has 0 aromatic carbocycles. The molecular weight excluding hydrogens is 220 g/mol. The van der Waals surface area contributed by atoms with Crippen molar-refractivity contribution in [2.75, 3.05) is 6.61 Å². The molecular formula is C12H12N2O3. The van der Waals surface area contributed by atoms with E-state index in [0.29, 0.717) is 5.56 Å². The third-order valence-corrected chi connectivity index (χ3v) is 2.72. The van der Waals surface area contributed by atoms with Gasteiger partial charge >= 0.3 is 5.97 Å². The van der Waals surface area contributed by atoms with E-state index in [1.54, 1.807) is 6.07 Å². The zero-order chi connectivity index (χ0) is 12.3. The number of carboxylic acids is 1. The molecule has 1 aliphatic rings. The summed E-state index contributed by atoms with van der Waals surface area (Å²) in [7, 11) is 0. The minimum atomic E-state index is -1.08. The average molecular weight is 232 g/mol. The van der Waals surface area contributed by atoms with Gasteiger partial charge in [0.1, 0.15) is 11.6 Å². The molecule has 1 aromatic heterocycles. The van der Waals surface area contributed by atoms with Gasteiger partial charge in [-0.25, -0.2) is 9.78 Å². The molecule has 1 N–H and O–H groups in total. The van der Waals surface area contributed by atoms with Crippen LogP contribution >= 0.6 is 0 Å². The summed E-state index contributed by atoms with van der Waals surface area (Å²) >= 11 is 0. The number of rotatable bonds is 3. The van der Waals surface area contributed by atoms with E-state index in [4.69, 9.17) is 15.1 Å². The fraction of sp³-hybridized carbons (Fsp3) is 0.417. The van der Waals surface area contributed by atoms with Crippen molar-refractivity contribution < 1.29 is 14.6 Å². The lowest BCUT2D eigenvalue weighted by Gasteiger charge is -2.16. The van der Waals surface area contributed by atoms with E-state index in [1.807, 2.05) is 6.07 Å². The van der Waals surface area contributed by atoms with E-state index in [1.165, 1.54) is 0 Å². The largest absolute Gasteiger partial charge is 0.479 e. The van der Waals surface area contributed by atoms with Gasteiger partial charge in [-0.2, -0.15) is 5.26 Å². The Morgan fingerprint density at radius 3 is 3.00 bits per heavy atom. The van der Waals surface area contributed by atoms with Crippen molar-refractivity contribution in [2.24, 2.45) is 0 Å². The second-order valence-electron chi connectivity index (χ2n) is 3.95. The van der Waals surface area contributed by atoms with E-state index in [9.17, 15) is 4.79 Å². The fourth-order valence-electron chi connectivity index (χ4n) is 1.93. The van der Waals surface area contributed by atoms with Crippen molar-refractivity contribution in [3.63, 3.8) is 0 Å². The molecule has 0 spiro atoms. The van der Waals surface area contributed by atoms with Crippen molar-refractivity contribution >= 4 is 5.97 Å². The lowest BCUT2D eigenvalue weighted by Crippen LogP contribution is -2.13. The summed E-state index contributed by atoms with van der Waals surface area (Å²) in [4.78, 5) is 14.7. The topological polar surface area (TPSA) is 83.2 Å². The van der Waals surface area contributed by atoms with Crippen LogP contribution in [0.5, 0.6) is 5.88 Å². The quantitative estimate of drug-likeness (QED) is 0.849. The summed E-state index contributed by atoms with van der Waals surface area (Å²) in [6.45, 7) is -0.472. The summed E-state index contributed by atoms with van der Waals surface area (Å²) in [6, 6.07) is 3.75. The van der Waals surface area contributed by atoms with Crippen LogP contribution in [0.2, 0.25) is 0 Å². The highest BCUT2D eigenvalue weighted by atomic mass is 16.5. The zero-order valence-electron chi connectivity index (χ0n) is 9.27. The number of aromatic nitrogens is 1. The minimum absolute atomic E-state index is 0.135. The van der Waals surface area contributed by atoms with Gasteiger partial charge in [-0.15, -0.1) is 0 Å². The Hall–Kier alpha value is -2.09. The molecule has 17 heavy (non-hydrogen) atoms. The van der Waals surface area contributed by atoms with Crippen LogP contribution in [0.25, 0.3) is 0 Å². The number of aliphatic carboxylic acids is 1. The van der Waals surface area contributed by atoms with Gasteiger partial charge in [0.2, 0.25) is 5.88 Å². The first-order valence-corrected chi connectivity index (χ1v) is 5.48. The first kappa shape index (κ1) is 11.4. The van der Waals surface area contributed by atoms with Crippen LogP contribution in [-0.4, -0.2) is 22.7 Å².